The van der Waals surface area contributed by atoms with E-state index < -0.39 is 75.4 Å². The SMILES string of the molecule is C=C[C@@H]1C[C@@]12NC(=O)[C@@H]1C[C@@H](OC(=O)N3Cc4cccc(F)c4C3)CN1C(=O)[C@@H](NC(=O)OC1CCCC1)CCCCCCCCc1ccccc1S(=O)(=O)NC2=O. The van der Waals surface area contributed by atoms with Crippen LogP contribution in [0.1, 0.15) is 100 Å². The molecule has 2 aromatic rings. The molecule has 1 saturated heterocycles. The third-order valence-electron chi connectivity index (χ3n) is 12.2. The number of hydrogen-bond donors (Lipinski definition) is 3. The van der Waals surface area contributed by atoms with Crippen LogP contribution >= 0.6 is 0 Å². The van der Waals surface area contributed by atoms with E-state index in [0.717, 1.165) is 57.8 Å². The van der Waals surface area contributed by atoms with Gasteiger partial charge in [0.1, 0.15) is 35.6 Å². The molecule has 5 aliphatic rings. The summed E-state index contributed by atoms with van der Waals surface area (Å²) in [5.74, 6) is -3.34. The Morgan fingerprint density at radius 3 is 2.33 bits per heavy atom. The van der Waals surface area contributed by atoms with Crippen molar-refractivity contribution < 1.29 is 46.3 Å². The van der Waals surface area contributed by atoms with Gasteiger partial charge in [-0.3, -0.25) is 19.3 Å². The topological polar surface area (TPSA) is 181 Å². The van der Waals surface area contributed by atoms with Crippen LogP contribution in [0.5, 0.6) is 0 Å². The second-order valence-electron chi connectivity index (χ2n) is 16.2. The summed E-state index contributed by atoms with van der Waals surface area (Å²) in [6, 6.07) is 8.80. The Labute approximate surface area is 338 Å². The normalized spacial score (nSPS) is 28.1. The van der Waals surface area contributed by atoms with Crippen LogP contribution in [0.3, 0.4) is 0 Å². The summed E-state index contributed by atoms with van der Waals surface area (Å²) >= 11 is 0. The van der Waals surface area contributed by atoms with Crippen molar-refractivity contribution in [2.24, 2.45) is 5.92 Å². The summed E-state index contributed by atoms with van der Waals surface area (Å²) in [5.41, 5.74) is -0.0735. The molecule has 16 heteroatoms. The van der Waals surface area contributed by atoms with E-state index in [-0.39, 0.29) is 49.9 Å². The second kappa shape index (κ2) is 17.5. The van der Waals surface area contributed by atoms with Crippen molar-refractivity contribution in [1.82, 2.24) is 25.2 Å². The van der Waals surface area contributed by atoms with Gasteiger partial charge in [0, 0.05) is 24.4 Å². The Hall–Kier alpha value is -4.99. The average Bonchev–Trinajstić information content (AvgIpc) is 3.59. The maximum Gasteiger partial charge on any atom is 0.410 e. The third kappa shape index (κ3) is 9.01. The Balaban J connectivity index is 1.16. The van der Waals surface area contributed by atoms with Crippen molar-refractivity contribution in [2.45, 2.75) is 138 Å². The van der Waals surface area contributed by atoms with Gasteiger partial charge in [-0.25, -0.2) is 27.1 Å². The first-order valence-corrected chi connectivity index (χ1v) is 22.0. The van der Waals surface area contributed by atoms with Crippen LogP contribution in [0.15, 0.2) is 60.0 Å². The van der Waals surface area contributed by atoms with E-state index >= 15 is 0 Å². The third-order valence-corrected chi connectivity index (χ3v) is 13.6. The quantitative estimate of drug-likeness (QED) is 0.352. The van der Waals surface area contributed by atoms with Gasteiger partial charge in [-0.15, -0.1) is 6.58 Å². The molecule has 3 fully saturated rings. The number of fused-ring (bicyclic) bond motifs is 3. The lowest BCUT2D eigenvalue weighted by atomic mass is 10.0. The van der Waals surface area contributed by atoms with Crippen LogP contribution < -0.4 is 15.4 Å². The highest BCUT2D eigenvalue weighted by atomic mass is 32.2. The summed E-state index contributed by atoms with van der Waals surface area (Å²) in [5, 5.41) is 5.53. The summed E-state index contributed by atoms with van der Waals surface area (Å²) in [6.45, 7) is 3.70. The zero-order valence-electron chi connectivity index (χ0n) is 32.6. The lowest BCUT2D eigenvalue weighted by Gasteiger charge is -2.30. The monoisotopic (exact) mass is 821 g/mol. The molecule has 5 amide bonds. The van der Waals surface area contributed by atoms with Crippen LogP contribution in [-0.4, -0.2) is 84.5 Å². The molecule has 58 heavy (non-hydrogen) atoms. The lowest BCUT2D eigenvalue weighted by Crippen LogP contribution is -2.58. The minimum Gasteiger partial charge on any atom is -0.446 e. The summed E-state index contributed by atoms with van der Waals surface area (Å²) < 4.78 is 55.7. The molecule has 7 rings (SSSR count). The molecule has 3 N–H and O–H groups in total. The molecule has 14 nitrogen and oxygen atoms in total. The Morgan fingerprint density at radius 2 is 1.59 bits per heavy atom. The Morgan fingerprint density at radius 1 is 0.879 bits per heavy atom. The predicted molar refractivity (Wildman–Crippen MR) is 209 cm³/mol. The van der Waals surface area contributed by atoms with E-state index in [9.17, 15) is 36.8 Å². The number of amides is 5. The van der Waals surface area contributed by atoms with Gasteiger partial charge in [0.2, 0.25) is 11.8 Å². The van der Waals surface area contributed by atoms with Crippen LogP contribution in [0.2, 0.25) is 0 Å². The minimum absolute atomic E-state index is 0.0107. The number of sulfonamides is 1. The molecule has 0 bridgehead atoms. The molecule has 2 saturated carbocycles. The van der Waals surface area contributed by atoms with Crippen LogP contribution in [0.4, 0.5) is 14.0 Å². The molecule has 0 radical (unpaired) electrons. The number of aryl methyl sites for hydroxylation is 1. The number of benzene rings is 2. The zero-order chi connectivity index (χ0) is 41.0. The molecular weight excluding hydrogens is 770 g/mol. The molecule has 0 aromatic heterocycles. The fraction of sp³-hybridized carbons (Fsp3) is 0.548. The highest BCUT2D eigenvalue weighted by Crippen LogP contribution is 2.45. The van der Waals surface area contributed by atoms with Crippen molar-refractivity contribution in [3.05, 3.63) is 77.6 Å². The molecular formula is C42H52FN5O9S. The number of hydrogen-bond acceptors (Lipinski definition) is 9. The average molecular weight is 822 g/mol. The first kappa shape index (κ1) is 41.2. The molecule has 3 heterocycles. The van der Waals surface area contributed by atoms with Crippen molar-refractivity contribution in [3.8, 4) is 0 Å². The number of halogens is 1. The standard InChI is InChI=1S/C42H52FN5O9S/c1-2-29-23-42(29)39(51)46-58(54,55)36-21-12-9-15-27(36)14-7-5-3-4-6-8-20-34(44-40(52)56-30-17-10-11-18-30)38(50)48-25-31(22-35(48)37(49)45-42)57-41(53)47-24-28-16-13-19-33(43)32(28)26-47/h2,9,12-13,15-16,19,21,29-31,34-35H,1,3-8,10-11,14,17-18,20,22-26H2,(H,44,52)(H,45,49)(H,46,51)/t29-,31-,34+,35+,42-/m1/s1. The van der Waals surface area contributed by atoms with E-state index in [1.807, 2.05) is 0 Å². The largest absolute Gasteiger partial charge is 0.446 e. The van der Waals surface area contributed by atoms with Crippen LogP contribution in [0, 0.1) is 11.7 Å². The summed E-state index contributed by atoms with van der Waals surface area (Å²) in [7, 11) is -4.35. The maximum atomic E-state index is 14.6. The number of rotatable bonds is 4. The van der Waals surface area contributed by atoms with E-state index in [1.165, 1.54) is 28.0 Å². The first-order chi connectivity index (χ1) is 27.9. The lowest BCUT2D eigenvalue weighted by molar-refractivity contribution is -0.141. The first-order valence-electron chi connectivity index (χ1n) is 20.5. The van der Waals surface area contributed by atoms with Gasteiger partial charge in [0.05, 0.1) is 18.0 Å². The summed E-state index contributed by atoms with van der Waals surface area (Å²) in [4.78, 5) is 72.2. The van der Waals surface area contributed by atoms with Crippen molar-refractivity contribution in [3.63, 3.8) is 0 Å². The van der Waals surface area contributed by atoms with Gasteiger partial charge in [0.15, 0.2) is 0 Å². The highest BCUT2D eigenvalue weighted by molar-refractivity contribution is 7.90. The Kier molecular flexibility index (Phi) is 12.4. The zero-order valence-corrected chi connectivity index (χ0v) is 33.4. The van der Waals surface area contributed by atoms with Gasteiger partial charge in [0.25, 0.3) is 15.9 Å². The molecule has 2 aliphatic carbocycles. The van der Waals surface area contributed by atoms with Gasteiger partial charge in [-0.1, -0.05) is 68.5 Å². The predicted octanol–water partition coefficient (Wildman–Crippen LogP) is 5.14. The fourth-order valence-electron chi connectivity index (χ4n) is 8.84. The number of alkyl carbamates (subject to hydrolysis) is 1. The second-order valence-corrected chi connectivity index (χ2v) is 17.9. The van der Waals surface area contributed by atoms with Crippen molar-refractivity contribution in [1.29, 1.82) is 0 Å². The van der Waals surface area contributed by atoms with E-state index in [4.69, 9.17) is 9.47 Å². The smallest absolute Gasteiger partial charge is 0.410 e. The number of carbonyl (C=O) groups is 5. The highest BCUT2D eigenvalue weighted by Gasteiger charge is 2.61. The minimum atomic E-state index is -4.35. The van der Waals surface area contributed by atoms with E-state index in [1.54, 1.807) is 30.3 Å². The van der Waals surface area contributed by atoms with E-state index in [2.05, 4.69) is 21.9 Å². The van der Waals surface area contributed by atoms with Crippen LogP contribution in [0.25, 0.3) is 0 Å². The molecule has 0 unspecified atom stereocenters. The Bertz CT molecular complexity index is 2040. The summed E-state index contributed by atoms with van der Waals surface area (Å²) in [6.07, 6.45) is 7.35. The van der Waals surface area contributed by atoms with Gasteiger partial charge < -0.3 is 25.0 Å². The molecule has 2 aromatic carbocycles. The van der Waals surface area contributed by atoms with E-state index in [0.29, 0.717) is 29.5 Å². The molecule has 3 aliphatic heterocycles. The molecule has 312 valence electrons. The molecule has 5 atom stereocenters. The number of carbonyl (C=O) groups excluding carboxylic acids is 5. The number of ether oxygens (including phenoxy) is 2. The fourth-order valence-corrected chi connectivity index (χ4v) is 10.2. The van der Waals surface area contributed by atoms with Crippen molar-refractivity contribution in [2.75, 3.05) is 6.54 Å². The number of nitrogens with zero attached hydrogens (tertiary/aromatic N) is 2. The maximum absolute atomic E-state index is 14.6. The van der Waals surface area contributed by atoms with Gasteiger partial charge >= 0.3 is 12.2 Å². The van der Waals surface area contributed by atoms with Gasteiger partial charge in [-0.2, -0.15) is 0 Å². The number of nitrogens with one attached hydrogen (secondary N) is 3. The van der Waals surface area contributed by atoms with Gasteiger partial charge in [-0.05, 0) is 74.6 Å². The molecule has 1 spiro atoms. The van der Waals surface area contributed by atoms with Crippen molar-refractivity contribution >= 4 is 39.9 Å². The van der Waals surface area contributed by atoms with Crippen LogP contribution in [-0.2, 0) is 53.4 Å².